The highest BCUT2D eigenvalue weighted by Crippen LogP contribution is 2.19. The van der Waals surface area contributed by atoms with Crippen LogP contribution in [0.3, 0.4) is 0 Å². The lowest BCUT2D eigenvalue weighted by Gasteiger charge is -2.31. The molecule has 1 saturated heterocycles. The molecule has 0 spiro atoms. The molecule has 1 rings (SSSR count). The molecule has 1 aliphatic heterocycles. The molecular weight excluding hydrogens is 250 g/mol. The summed E-state index contributed by atoms with van der Waals surface area (Å²) >= 11 is 0. The number of nitrogens with two attached hydrogens (primary N) is 1. The first-order valence-electron chi connectivity index (χ1n) is 8.45. The number of hydrogen-bond acceptors (Lipinski definition) is 3. The maximum Gasteiger partial charge on any atom is 0.219 e. The molecule has 4 heteroatoms. The standard InChI is InChI=1S/C16H33N3O/c1-2-19-13-9-15(10-14-19)8-12-18-16(20)7-5-3-4-6-11-17/h15H,2-14,17H2,1H3,(H,18,20). The zero-order valence-corrected chi connectivity index (χ0v) is 13.2. The maximum atomic E-state index is 11.7. The molecule has 0 radical (unpaired) electrons. The van der Waals surface area contributed by atoms with Gasteiger partial charge in [0.2, 0.25) is 5.91 Å². The summed E-state index contributed by atoms with van der Waals surface area (Å²) in [4.78, 5) is 14.2. The van der Waals surface area contributed by atoms with Gasteiger partial charge in [0.05, 0.1) is 0 Å². The van der Waals surface area contributed by atoms with E-state index < -0.39 is 0 Å². The highest BCUT2D eigenvalue weighted by atomic mass is 16.1. The van der Waals surface area contributed by atoms with Crippen LogP contribution in [0.15, 0.2) is 0 Å². The maximum absolute atomic E-state index is 11.7. The Balaban J connectivity index is 1.94. The number of hydrogen-bond donors (Lipinski definition) is 2. The summed E-state index contributed by atoms with van der Waals surface area (Å²) in [5.41, 5.74) is 5.44. The minimum Gasteiger partial charge on any atom is -0.356 e. The van der Waals surface area contributed by atoms with Crippen molar-refractivity contribution in [3.05, 3.63) is 0 Å². The molecule has 0 saturated carbocycles. The molecule has 4 nitrogen and oxygen atoms in total. The summed E-state index contributed by atoms with van der Waals surface area (Å²) in [7, 11) is 0. The van der Waals surface area contributed by atoms with Crippen LogP contribution in [0.25, 0.3) is 0 Å². The molecule has 1 fully saturated rings. The molecule has 0 aromatic heterocycles. The van der Waals surface area contributed by atoms with Crippen molar-refractivity contribution in [2.24, 2.45) is 11.7 Å². The Labute approximate surface area is 124 Å². The second-order valence-electron chi connectivity index (χ2n) is 5.97. The minimum atomic E-state index is 0.226. The summed E-state index contributed by atoms with van der Waals surface area (Å²) in [6.07, 6.45) is 8.78. The van der Waals surface area contributed by atoms with Crippen LogP contribution in [0.5, 0.6) is 0 Å². The number of carbonyl (C=O) groups is 1. The van der Waals surface area contributed by atoms with E-state index in [1.54, 1.807) is 0 Å². The van der Waals surface area contributed by atoms with Crippen LogP contribution in [-0.4, -0.2) is 43.5 Å². The van der Waals surface area contributed by atoms with Crippen LogP contribution >= 0.6 is 0 Å². The Morgan fingerprint density at radius 2 is 1.90 bits per heavy atom. The predicted molar refractivity (Wildman–Crippen MR) is 84.6 cm³/mol. The number of nitrogens with one attached hydrogen (secondary N) is 1. The van der Waals surface area contributed by atoms with E-state index in [1.807, 2.05) is 0 Å². The average Bonchev–Trinajstić information content (AvgIpc) is 2.48. The van der Waals surface area contributed by atoms with Gasteiger partial charge in [-0.3, -0.25) is 4.79 Å². The Morgan fingerprint density at radius 3 is 2.55 bits per heavy atom. The van der Waals surface area contributed by atoms with Gasteiger partial charge in [-0.25, -0.2) is 0 Å². The smallest absolute Gasteiger partial charge is 0.219 e. The van der Waals surface area contributed by atoms with Gasteiger partial charge >= 0.3 is 0 Å². The Morgan fingerprint density at radius 1 is 1.20 bits per heavy atom. The van der Waals surface area contributed by atoms with E-state index >= 15 is 0 Å². The van der Waals surface area contributed by atoms with Gasteiger partial charge in [-0.05, 0) is 64.2 Å². The lowest BCUT2D eigenvalue weighted by Crippen LogP contribution is -2.35. The Bertz CT molecular complexity index is 250. The van der Waals surface area contributed by atoms with Gasteiger partial charge in [0.15, 0.2) is 0 Å². The molecule has 0 unspecified atom stereocenters. The zero-order chi connectivity index (χ0) is 14.6. The number of carbonyl (C=O) groups excluding carboxylic acids is 1. The summed E-state index contributed by atoms with van der Waals surface area (Å²) in [5.74, 6) is 1.03. The summed E-state index contributed by atoms with van der Waals surface area (Å²) in [5, 5.41) is 3.07. The molecular formula is C16H33N3O. The third-order valence-electron chi connectivity index (χ3n) is 4.39. The topological polar surface area (TPSA) is 58.4 Å². The monoisotopic (exact) mass is 283 g/mol. The van der Waals surface area contributed by atoms with Gasteiger partial charge in [0, 0.05) is 13.0 Å². The first-order chi connectivity index (χ1) is 9.76. The van der Waals surface area contributed by atoms with E-state index in [2.05, 4.69) is 17.1 Å². The quantitative estimate of drug-likeness (QED) is 0.604. The van der Waals surface area contributed by atoms with Crippen LogP contribution in [0.4, 0.5) is 0 Å². The molecule has 0 atom stereocenters. The molecule has 0 aliphatic carbocycles. The normalized spacial score (nSPS) is 17.3. The number of amides is 1. The molecule has 118 valence electrons. The number of piperidine rings is 1. The Hall–Kier alpha value is -0.610. The van der Waals surface area contributed by atoms with E-state index in [0.717, 1.165) is 51.1 Å². The van der Waals surface area contributed by atoms with Crippen molar-refractivity contribution in [3.63, 3.8) is 0 Å². The van der Waals surface area contributed by atoms with Crippen LogP contribution in [0, 0.1) is 5.92 Å². The molecule has 0 bridgehead atoms. The summed E-state index contributed by atoms with van der Waals surface area (Å²) in [6.45, 7) is 7.50. The van der Waals surface area contributed by atoms with Crippen molar-refractivity contribution in [1.82, 2.24) is 10.2 Å². The van der Waals surface area contributed by atoms with Crippen LogP contribution in [0.1, 0.15) is 58.3 Å². The van der Waals surface area contributed by atoms with Gasteiger partial charge in [-0.1, -0.05) is 19.8 Å². The van der Waals surface area contributed by atoms with E-state index in [-0.39, 0.29) is 5.91 Å². The minimum absolute atomic E-state index is 0.226. The first-order valence-corrected chi connectivity index (χ1v) is 8.45. The van der Waals surface area contributed by atoms with Crippen molar-refractivity contribution in [3.8, 4) is 0 Å². The summed E-state index contributed by atoms with van der Waals surface area (Å²) in [6, 6.07) is 0. The van der Waals surface area contributed by atoms with Crippen molar-refractivity contribution in [2.45, 2.75) is 58.3 Å². The Kier molecular flexibility index (Phi) is 9.67. The molecule has 1 amide bonds. The van der Waals surface area contributed by atoms with Gasteiger partial charge in [0.1, 0.15) is 0 Å². The second kappa shape index (κ2) is 11.1. The fourth-order valence-electron chi connectivity index (χ4n) is 2.88. The average molecular weight is 283 g/mol. The van der Waals surface area contributed by atoms with E-state index in [1.165, 1.54) is 32.5 Å². The van der Waals surface area contributed by atoms with E-state index in [0.29, 0.717) is 6.42 Å². The van der Waals surface area contributed by atoms with Crippen LogP contribution in [0.2, 0.25) is 0 Å². The first kappa shape index (κ1) is 17.4. The third kappa shape index (κ3) is 7.85. The van der Waals surface area contributed by atoms with E-state index in [9.17, 15) is 4.79 Å². The molecule has 0 aromatic rings. The fraction of sp³-hybridized carbons (Fsp3) is 0.938. The largest absolute Gasteiger partial charge is 0.356 e. The number of rotatable bonds is 10. The van der Waals surface area contributed by atoms with Gasteiger partial charge in [0.25, 0.3) is 0 Å². The van der Waals surface area contributed by atoms with Crippen molar-refractivity contribution >= 4 is 5.91 Å². The molecule has 1 heterocycles. The second-order valence-corrected chi connectivity index (χ2v) is 5.97. The highest BCUT2D eigenvalue weighted by Gasteiger charge is 2.17. The summed E-state index contributed by atoms with van der Waals surface area (Å²) < 4.78 is 0. The number of nitrogens with zero attached hydrogens (tertiary/aromatic N) is 1. The van der Waals surface area contributed by atoms with Crippen molar-refractivity contribution in [2.75, 3.05) is 32.7 Å². The zero-order valence-electron chi connectivity index (χ0n) is 13.2. The lowest BCUT2D eigenvalue weighted by molar-refractivity contribution is -0.121. The SMILES string of the molecule is CCN1CCC(CCNC(=O)CCCCCCN)CC1. The van der Waals surface area contributed by atoms with Crippen LogP contribution in [-0.2, 0) is 4.79 Å². The third-order valence-corrected chi connectivity index (χ3v) is 4.39. The van der Waals surface area contributed by atoms with Gasteiger partial charge in [-0.15, -0.1) is 0 Å². The highest BCUT2D eigenvalue weighted by molar-refractivity contribution is 5.75. The van der Waals surface area contributed by atoms with Gasteiger partial charge < -0.3 is 16.0 Å². The molecule has 3 N–H and O–H groups in total. The van der Waals surface area contributed by atoms with E-state index in [4.69, 9.17) is 5.73 Å². The number of unbranched alkanes of at least 4 members (excludes halogenated alkanes) is 3. The predicted octanol–water partition coefficient (Wildman–Crippen LogP) is 2.13. The van der Waals surface area contributed by atoms with Crippen molar-refractivity contribution < 1.29 is 4.79 Å². The fourth-order valence-corrected chi connectivity index (χ4v) is 2.88. The molecule has 0 aromatic carbocycles. The van der Waals surface area contributed by atoms with Crippen molar-refractivity contribution in [1.29, 1.82) is 0 Å². The number of likely N-dealkylation sites (tertiary alicyclic amines) is 1. The molecule has 1 aliphatic rings. The lowest BCUT2D eigenvalue weighted by atomic mass is 9.93. The van der Waals surface area contributed by atoms with Gasteiger partial charge in [-0.2, -0.15) is 0 Å². The molecule has 20 heavy (non-hydrogen) atoms. The van der Waals surface area contributed by atoms with Crippen LogP contribution < -0.4 is 11.1 Å².